The van der Waals surface area contributed by atoms with E-state index in [9.17, 15) is 0 Å². The second-order valence-electron chi connectivity index (χ2n) is 3.08. The van der Waals surface area contributed by atoms with Crippen molar-refractivity contribution in [3.63, 3.8) is 0 Å². The lowest BCUT2D eigenvalue weighted by Gasteiger charge is -2.43. The summed E-state index contributed by atoms with van der Waals surface area (Å²) in [5.74, 6) is 0. The molecular weight excluding hydrogens is 131 g/mol. The fourth-order valence-corrected chi connectivity index (χ4v) is 1.31. The highest BCUT2D eigenvalue weighted by Crippen LogP contribution is 2.32. The predicted octanol–water partition coefficient (Wildman–Crippen LogP) is 0.445. The molecule has 0 aromatic carbocycles. The summed E-state index contributed by atoms with van der Waals surface area (Å²) in [4.78, 5) is 0. The van der Waals surface area contributed by atoms with Crippen LogP contribution < -0.4 is 0 Å². The Hall–Kier alpha value is -0.0551. The van der Waals surface area contributed by atoms with Crippen LogP contribution in [0.4, 0.5) is 0 Å². The molecule has 3 heterocycles. The Labute approximate surface area is 60.8 Å². The Kier molecular flexibility index (Phi) is 1.48. The monoisotopic (exact) mass is 142 g/mol. The lowest BCUT2D eigenvalue weighted by Crippen LogP contribution is -2.54. The minimum atomic E-state index is -0.367. The third-order valence-corrected chi connectivity index (χ3v) is 2.33. The summed E-state index contributed by atoms with van der Waals surface area (Å²) in [6.45, 7) is 4.54. The van der Waals surface area contributed by atoms with E-state index in [4.69, 9.17) is 14.0 Å². The van der Waals surface area contributed by atoms with Gasteiger partial charge in [0.2, 0.25) is 0 Å². The largest absolute Gasteiger partial charge is 0.639 e. The molecule has 0 aromatic heterocycles. The van der Waals surface area contributed by atoms with Crippen molar-refractivity contribution in [3.8, 4) is 0 Å². The topological polar surface area (TPSA) is 27.7 Å². The van der Waals surface area contributed by atoms with Gasteiger partial charge in [-0.05, 0) is 6.42 Å². The van der Waals surface area contributed by atoms with Gasteiger partial charge in [-0.1, -0.05) is 6.92 Å². The molecule has 56 valence electrons. The Bertz CT molecular complexity index is 117. The van der Waals surface area contributed by atoms with Crippen molar-refractivity contribution in [2.75, 3.05) is 19.8 Å². The maximum absolute atomic E-state index is 5.23. The summed E-state index contributed by atoms with van der Waals surface area (Å²) in [7, 11) is -0.367. The molecule has 2 bridgehead atoms. The Morgan fingerprint density at radius 1 is 1.20 bits per heavy atom. The second kappa shape index (κ2) is 2.22. The molecule has 3 saturated heterocycles. The van der Waals surface area contributed by atoms with Crippen molar-refractivity contribution in [3.05, 3.63) is 0 Å². The first-order valence-electron chi connectivity index (χ1n) is 3.69. The van der Waals surface area contributed by atoms with Crippen LogP contribution in [0.25, 0.3) is 0 Å². The Morgan fingerprint density at radius 2 is 1.70 bits per heavy atom. The van der Waals surface area contributed by atoms with Gasteiger partial charge in [-0.25, -0.2) is 0 Å². The molecule has 0 aliphatic carbocycles. The van der Waals surface area contributed by atoms with Gasteiger partial charge in [0.15, 0.2) is 0 Å². The van der Waals surface area contributed by atoms with Crippen molar-refractivity contribution in [2.24, 2.45) is 5.41 Å². The first-order chi connectivity index (χ1) is 4.85. The molecular formula is C6H11BO3. The van der Waals surface area contributed by atoms with Crippen molar-refractivity contribution in [1.29, 1.82) is 0 Å². The molecule has 0 saturated carbocycles. The summed E-state index contributed by atoms with van der Waals surface area (Å²) in [6.07, 6.45) is 1.07. The lowest BCUT2D eigenvalue weighted by molar-refractivity contribution is -0.117. The smallest absolute Gasteiger partial charge is 0.385 e. The predicted molar refractivity (Wildman–Crippen MR) is 36.3 cm³/mol. The van der Waals surface area contributed by atoms with Crippen LogP contribution in [0.1, 0.15) is 13.3 Å². The third kappa shape index (κ3) is 0.874. The van der Waals surface area contributed by atoms with Gasteiger partial charge < -0.3 is 14.0 Å². The van der Waals surface area contributed by atoms with Crippen molar-refractivity contribution >= 4 is 7.32 Å². The fraction of sp³-hybridized carbons (Fsp3) is 1.00. The molecule has 3 rings (SSSR count). The van der Waals surface area contributed by atoms with E-state index in [0.717, 1.165) is 26.2 Å². The minimum absolute atomic E-state index is 0.161. The van der Waals surface area contributed by atoms with E-state index in [1.807, 2.05) is 0 Å². The molecule has 0 radical (unpaired) electrons. The summed E-state index contributed by atoms with van der Waals surface area (Å²) in [6, 6.07) is 0. The molecule has 0 atom stereocenters. The molecule has 0 N–H and O–H groups in total. The maximum atomic E-state index is 5.23. The quantitative estimate of drug-likeness (QED) is 0.497. The summed E-state index contributed by atoms with van der Waals surface area (Å²) in [5.41, 5.74) is 0.161. The molecule has 0 spiro atoms. The van der Waals surface area contributed by atoms with Crippen LogP contribution >= 0.6 is 0 Å². The number of hydrogen-bond acceptors (Lipinski definition) is 3. The van der Waals surface area contributed by atoms with Crippen LogP contribution in [-0.4, -0.2) is 27.1 Å². The number of rotatable bonds is 1. The zero-order valence-corrected chi connectivity index (χ0v) is 6.13. The maximum Gasteiger partial charge on any atom is 0.639 e. The van der Waals surface area contributed by atoms with Crippen LogP contribution in [0.3, 0.4) is 0 Å². The average Bonchev–Trinajstić information content (AvgIpc) is 2.08. The summed E-state index contributed by atoms with van der Waals surface area (Å²) < 4.78 is 15.7. The average molecular weight is 142 g/mol. The van der Waals surface area contributed by atoms with E-state index in [0.29, 0.717) is 0 Å². The molecule has 0 amide bonds. The summed E-state index contributed by atoms with van der Waals surface area (Å²) >= 11 is 0. The summed E-state index contributed by atoms with van der Waals surface area (Å²) in [5, 5.41) is 0. The highest BCUT2D eigenvalue weighted by atomic mass is 16.8. The molecule has 10 heavy (non-hydrogen) atoms. The molecule has 3 nitrogen and oxygen atoms in total. The van der Waals surface area contributed by atoms with Gasteiger partial charge in [0.25, 0.3) is 0 Å². The third-order valence-electron chi connectivity index (χ3n) is 2.33. The van der Waals surface area contributed by atoms with E-state index in [1.165, 1.54) is 0 Å². The van der Waals surface area contributed by atoms with Crippen LogP contribution in [0.15, 0.2) is 0 Å². The minimum Gasteiger partial charge on any atom is -0.385 e. The molecule has 0 aromatic rings. The number of fused-ring (bicyclic) bond motifs is 3. The van der Waals surface area contributed by atoms with Crippen LogP contribution in [-0.2, 0) is 14.0 Å². The van der Waals surface area contributed by atoms with E-state index >= 15 is 0 Å². The SMILES string of the molecule is CCC12COB(OC1)OC2. The Morgan fingerprint density at radius 3 is 2.00 bits per heavy atom. The van der Waals surface area contributed by atoms with Gasteiger partial charge in [0.1, 0.15) is 0 Å². The normalized spacial score (nSPS) is 29.1. The lowest BCUT2D eigenvalue weighted by atomic mass is 9.83. The molecule has 3 fully saturated rings. The molecule has 3 aliphatic rings. The van der Waals surface area contributed by atoms with E-state index in [-0.39, 0.29) is 12.7 Å². The van der Waals surface area contributed by atoms with Crippen molar-refractivity contribution < 1.29 is 14.0 Å². The van der Waals surface area contributed by atoms with Gasteiger partial charge in [0.05, 0.1) is 0 Å². The molecule has 3 aliphatic heterocycles. The number of hydrogen-bond donors (Lipinski definition) is 0. The van der Waals surface area contributed by atoms with Gasteiger partial charge in [-0.3, -0.25) is 0 Å². The van der Waals surface area contributed by atoms with Gasteiger partial charge in [-0.15, -0.1) is 0 Å². The van der Waals surface area contributed by atoms with Gasteiger partial charge in [-0.2, -0.15) is 0 Å². The highest BCUT2D eigenvalue weighted by Gasteiger charge is 2.45. The van der Waals surface area contributed by atoms with Crippen molar-refractivity contribution in [1.82, 2.24) is 0 Å². The first kappa shape index (κ1) is 6.64. The molecule has 4 heteroatoms. The van der Waals surface area contributed by atoms with E-state index in [1.54, 1.807) is 0 Å². The Balaban J connectivity index is 2.08. The first-order valence-corrected chi connectivity index (χ1v) is 3.69. The van der Waals surface area contributed by atoms with Gasteiger partial charge >= 0.3 is 7.32 Å². The standard InChI is InChI=1S/C6H11BO3/c1-2-6-3-8-7(9-4-6)10-5-6/h2-5H2,1H3. The van der Waals surface area contributed by atoms with E-state index < -0.39 is 0 Å². The van der Waals surface area contributed by atoms with Crippen LogP contribution in [0, 0.1) is 5.41 Å². The second-order valence-corrected chi connectivity index (χ2v) is 3.08. The zero-order valence-electron chi connectivity index (χ0n) is 6.13. The zero-order chi connectivity index (χ0) is 7.03. The fourth-order valence-electron chi connectivity index (χ4n) is 1.31. The van der Waals surface area contributed by atoms with Crippen LogP contribution in [0.2, 0.25) is 0 Å². The van der Waals surface area contributed by atoms with Crippen LogP contribution in [0.5, 0.6) is 0 Å². The van der Waals surface area contributed by atoms with E-state index in [2.05, 4.69) is 6.92 Å². The van der Waals surface area contributed by atoms with Gasteiger partial charge in [0, 0.05) is 25.2 Å². The molecule has 0 unspecified atom stereocenters. The highest BCUT2D eigenvalue weighted by molar-refractivity contribution is 6.36. The van der Waals surface area contributed by atoms with Crippen molar-refractivity contribution in [2.45, 2.75) is 13.3 Å².